The Kier molecular flexibility index (Phi) is 12.5. The molecule has 17 heavy (non-hydrogen) atoms. The summed E-state index contributed by atoms with van der Waals surface area (Å²) in [6, 6.07) is 0. The van der Waals surface area contributed by atoms with Gasteiger partial charge in [-0.1, -0.05) is 0 Å². The molecule has 0 spiro atoms. The van der Waals surface area contributed by atoms with E-state index in [2.05, 4.69) is 10.6 Å². The monoisotopic (exact) mass is 250 g/mol. The molecule has 0 saturated carbocycles. The Morgan fingerprint density at radius 2 is 1.41 bits per heavy atom. The van der Waals surface area contributed by atoms with Gasteiger partial charge in [-0.3, -0.25) is 0 Å². The molecule has 0 radical (unpaired) electrons. The van der Waals surface area contributed by atoms with Crippen LogP contribution in [0.25, 0.3) is 0 Å². The predicted molar refractivity (Wildman–Crippen MR) is 62.4 cm³/mol. The average molecular weight is 250 g/mol. The van der Waals surface area contributed by atoms with Crippen LogP contribution >= 0.6 is 0 Å². The van der Waals surface area contributed by atoms with Gasteiger partial charge >= 0.3 is 6.09 Å². The largest absolute Gasteiger partial charge is 0.465 e. The van der Waals surface area contributed by atoms with Crippen LogP contribution in [0.2, 0.25) is 0 Å². The molecule has 1 amide bonds. The third-order valence-corrected chi connectivity index (χ3v) is 1.76. The Balaban J connectivity index is 2.91. The number of rotatable bonds is 12. The molecule has 0 aromatic heterocycles. The summed E-state index contributed by atoms with van der Waals surface area (Å²) in [5.41, 5.74) is 0. The van der Waals surface area contributed by atoms with E-state index in [1.54, 1.807) is 0 Å². The number of hydrogen-bond acceptors (Lipinski definition) is 5. The number of carbonyl (C=O) groups is 1. The zero-order chi connectivity index (χ0) is 12.8. The van der Waals surface area contributed by atoms with E-state index in [9.17, 15) is 4.79 Å². The van der Waals surface area contributed by atoms with Gasteiger partial charge in [0.15, 0.2) is 0 Å². The molecule has 0 aromatic rings. The van der Waals surface area contributed by atoms with Crippen LogP contribution in [0.5, 0.6) is 0 Å². The van der Waals surface area contributed by atoms with Crippen molar-refractivity contribution in [2.45, 2.75) is 0 Å². The molecule has 0 fully saturated rings. The third kappa shape index (κ3) is 15.1. The minimum absolute atomic E-state index is 0.294. The maximum absolute atomic E-state index is 10.1. The van der Waals surface area contributed by atoms with Crippen LogP contribution in [0.15, 0.2) is 0 Å². The number of nitrogens with one attached hydrogen (secondary N) is 2. The minimum atomic E-state index is -1.04. The number of ether oxygens (including phenoxy) is 3. The van der Waals surface area contributed by atoms with E-state index in [1.165, 1.54) is 0 Å². The first-order valence-electron chi connectivity index (χ1n) is 5.62. The molecule has 0 saturated heterocycles. The van der Waals surface area contributed by atoms with Crippen LogP contribution in [-0.2, 0) is 14.2 Å². The highest BCUT2D eigenvalue weighted by molar-refractivity contribution is 5.64. The summed E-state index contributed by atoms with van der Waals surface area (Å²) in [6.45, 7) is 4.22. The second-order valence-electron chi connectivity index (χ2n) is 3.17. The van der Waals surface area contributed by atoms with Crippen LogP contribution in [0.1, 0.15) is 0 Å². The van der Waals surface area contributed by atoms with E-state index < -0.39 is 6.09 Å². The van der Waals surface area contributed by atoms with E-state index in [1.807, 2.05) is 7.05 Å². The maximum Gasteiger partial charge on any atom is 0.404 e. The molecule has 0 aliphatic heterocycles. The Morgan fingerprint density at radius 3 is 1.88 bits per heavy atom. The molecular formula is C10H22N2O5. The van der Waals surface area contributed by atoms with Gasteiger partial charge in [-0.05, 0) is 7.05 Å². The quantitative estimate of drug-likeness (QED) is 0.406. The summed E-state index contributed by atoms with van der Waals surface area (Å²) < 4.78 is 15.6. The average Bonchev–Trinajstić information content (AvgIpc) is 2.30. The first kappa shape index (κ1) is 16.1. The molecule has 7 nitrogen and oxygen atoms in total. The molecule has 0 heterocycles. The molecule has 0 atom stereocenters. The molecule has 0 aliphatic carbocycles. The van der Waals surface area contributed by atoms with Gasteiger partial charge in [0.2, 0.25) is 0 Å². The topological polar surface area (TPSA) is 89.0 Å². The van der Waals surface area contributed by atoms with Crippen molar-refractivity contribution in [1.82, 2.24) is 10.6 Å². The highest BCUT2D eigenvalue weighted by Crippen LogP contribution is 1.80. The van der Waals surface area contributed by atoms with Crippen LogP contribution in [0, 0.1) is 0 Å². The maximum atomic E-state index is 10.1. The molecule has 102 valence electrons. The Morgan fingerprint density at radius 1 is 0.941 bits per heavy atom. The van der Waals surface area contributed by atoms with Crippen LogP contribution in [-0.4, -0.2) is 71.0 Å². The normalized spacial score (nSPS) is 10.4. The van der Waals surface area contributed by atoms with E-state index in [0.29, 0.717) is 46.2 Å². The standard InChI is InChI=1S/C10H22N2O5/c1-11-2-4-15-6-8-17-9-7-16-5-3-12-10(13)14/h11-12H,2-9H2,1H3,(H,13,14). The van der Waals surface area contributed by atoms with Crippen molar-refractivity contribution in [3.05, 3.63) is 0 Å². The fourth-order valence-corrected chi connectivity index (χ4v) is 0.946. The lowest BCUT2D eigenvalue weighted by atomic mass is 10.6. The Labute approximate surface area is 101 Å². The molecule has 0 aliphatic rings. The van der Waals surface area contributed by atoms with Gasteiger partial charge in [0, 0.05) is 13.1 Å². The Hall–Kier alpha value is -0.890. The van der Waals surface area contributed by atoms with E-state index in [-0.39, 0.29) is 0 Å². The van der Waals surface area contributed by atoms with Crippen molar-refractivity contribution in [1.29, 1.82) is 0 Å². The number of likely N-dealkylation sites (N-methyl/N-ethyl adjacent to an activating group) is 1. The fraction of sp³-hybridized carbons (Fsp3) is 0.900. The van der Waals surface area contributed by atoms with Crippen molar-refractivity contribution >= 4 is 6.09 Å². The minimum Gasteiger partial charge on any atom is -0.465 e. The van der Waals surface area contributed by atoms with E-state index >= 15 is 0 Å². The van der Waals surface area contributed by atoms with Gasteiger partial charge in [0.05, 0.1) is 39.6 Å². The van der Waals surface area contributed by atoms with Gasteiger partial charge in [0.25, 0.3) is 0 Å². The number of amides is 1. The summed E-state index contributed by atoms with van der Waals surface area (Å²) >= 11 is 0. The van der Waals surface area contributed by atoms with Crippen molar-refractivity contribution < 1.29 is 24.1 Å². The molecule has 0 aromatic carbocycles. The lowest BCUT2D eigenvalue weighted by Gasteiger charge is -2.06. The zero-order valence-corrected chi connectivity index (χ0v) is 10.2. The zero-order valence-electron chi connectivity index (χ0n) is 10.2. The first-order valence-corrected chi connectivity index (χ1v) is 5.62. The summed E-state index contributed by atoms with van der Waals surface area (Å²) in [6.07, 6.45) is -1.04. The van der Waals surface area contributed by atoms with Gasteiger partial charge in [-0.2, -0.15) is 0 Å². The van der Waals surface area contributed by atoms with Crippen molar-refractivity contribution in [3.8, 4) is 0 Å². The van der Waals surface area contributed by atoms with Gasteiger partial charge in [-0.15, -0.1) is 0 Å². The predicted octanol–water partition coefficient (Wildman–Crippen LogP) is -0.477. The summed E-state index contributed by atoms with van der Waals surface area (Å²) in [5, 5.41) is 13.4. The summed E-state index contributed by atoms with van der Waals surface area (Å²) in [7, 11) is 1.87. The van der Waals surface area contributed by atoms with Gasteiger partial charge in [0.1, 0.15) is 0 Å². The van der Waals surface area contributed by atoms with Crippen LogP contribution in [0.4, 0.5) is 4.79 Å². The third-order valence-electron chi connectivity index (χ3n) is 1.76. The van der Waals surface area contributed by atoms with Gasteiger partial charge in [-0.25, -0.2) is 4.79 Å². The number of carboxylic acid groups (broad SMARTS) is 1. The summed E-state index contributed by atoms with van der Waals surface area (Å²) in [4.78, 5) is 10.1. The molecule has 7 heteroatoms. The van der Waals surface area contributed by atoms with Crippen molar-refractivity contribution in [2.24, 2.45) is 0 Å². The second-order valence-corrected chi connectivity index (χ2v) is 3.17. The van der Waals surface area contributed by atoms with Crippen LogP contribution < -0.4 is 10.6 Å². The summed E-state index contributed by atoms with van der Waals surface area (Å²) in [5.74, 6) is 0. The smallest absolute Gasteiger partial charge is 0.404 e. The van der Waals surface area contributed by atoms with Crippen LogP contribution in [0.3, 0.4) is 0 Å². The van der Waals surface area contributed by atoms with Gasteiger partial charge < -0.3 is 30.0 Å². The highest BCUT2D eigenvalue weighted by Gasteiger charge is 1.94. The molecule has 0 bridgehead atoms. The van der Waals surface area contributed by atoms with Crippen molar-refractivity contribution in [3.63, 3.8) is 0 Å². The second kappa shape index (κ2) is 13.2. The fourth-order valence-electron chi connectivity index (χ4n) is 0.946. The highest BCUT2D eigenvalue weighted by atomic mass is 16.5. The van der Waals surface area contributed by atoms with Crippen molar-refractivity contribution in [2.75, 3.05) is 59.8 Å². The molecule has 0 rings (SSSR count). The lowest BCUT2D eigenvalue weighted by molar-refractivity contribution is 0.0160. The Bertz CT molecular complexity index is 180. The van der Waals surface area contributed by atoms with E-state index in [4.69, 9.17) is 19.3 Å². The van der Waals surface area contributed by atoms with E-state index in [0.717, 1.165) is 6.54 Å². The first-order chi connectivity index (χ1) is 8.27. The SMILES string of the molecule is CNCCOCCOCCOCCNC(=O)O. The lowest BCUT2D eigenvalue weighted by Crippen LogP contribution is -2.25. The molecular weight excluding hydrogens is 228 g/mol. The molecule has 3 N–H and O–H groups in total. The number of hydrogen-bond donors (Lipinski definition) is 3. The molecule has 0 unspecified atom stereocenters.